The molecular weight excluding hydrogens is 370 g/mol. The number of nitro groups is 1. The summed E-state index contributed by atoms with van der Waals surface area (Å²) in [6.45, 7) is 3.68. The van der Waals surface area contributed by atoms with Gasteiger partial charge in [-0.15, -0.1) is 0 Å². The number of imide groups is 1. The second-order valence-electron chi connectivity index (χ2n) is 8.49. The molecule has 7 heteroatoms. The van der Waals surface area contributed by atoms with Crippen LogP contribution >= 0.6 is 0 Å². The molecule has 7 nitrogen and oxygen atoms in total. The van der Waals surface area contributed by atoms with E-state index in [4.69, 9.17) is 0 Å². The van der Waals surface area contributed by atoms with Gasteiger partial charge in [0, 0.05) is 31.3 Å². The fourth-order valence-electron chi connectivity index (χ4n) is 4.90. The van der Waals surface area contributed by atoms with Crippen molar-refractivity contribution in [3.8, 4) is 0 Å². The van der Waals surface area contributed by atoms with Crippen molar-refractivity contribution in [1.82, 2.24) is 9.80 Å². The van der Waals surface area contributed by atoms with E-state index in [1.54, 1.807) is 12.1 Å². The van der Waals surface area contributed by atoms with E-state index in [0.717, 1.165) is 58.0 Å². The van der Waals surface area contributed by atoms with Crippen LogP contribution < -0.4 is 0 Å². The number of carbonyl (C=O) groups excluding carboxylic acids is 2. The molecule has 3 aliphatic rings. The molecule has 1 saturated heterocycles. The summed E-state index contributed by atoms with van der Waals surface area (Å²) >= 11 is 0. The van der Waals surface area contributed by atoms with E-state index in [2.05, 4.69) is 11.8 Å². The van der Waals surface area contributed by atoms with Crippen LogP contribution in [0.15, 0.2) is 30.0 Å². The third-order valence-electron chi connectivity index (χ3n) is 6.37. The van der Waals surface area contributed by atoms with Crippen LogP contribution in [-0.4, -0.2) is 45.7 Å². The summed E-state index contributed by atoms with van der Waals surface area (Å²) in [6, 6.07) is 5.95. The quantitative estimate of drug-likeness (QED) is 0.439. The van der Waals surface area contributed by atoms with Gasteiger partial charge in [-0.25, -0.2) is 0 Å². The Morgan fingerprint density at radius 1 is 0.966 bits per heavy atom. The Kier molecular flexibility index (Phi) is 5.39. The zero-order valence-corrected chi connectivity index (χ0v) is 16.8. The number of nitrogens with zero attached hydrogens (tertiary/aromatic N) is 3. The molecule has 2 aliphatic heterocycles. The number of amides is 2. The maximum absolute atomic E-state index is 13.5. The smallest absolute Gasteiger partial charge is 0.278 e. The minimum atomic E-state index is -0.457. The van der Waals surface area contributed by atoms with Gasteiger partial charge in [-0.2, -0.15) is 0 Å². The maximum atomic E-state index is 13.5. The van der Waals surface area contributed by atoms with E-state index in [9.17, 15) is 19.7 Å². The molecule has 0 bridgehead atoms. The van der Waals surface area contributed by atoms with E-state index in [1.807, 2.05) is 0 Å². The Morgan fingerprint density at radius 2 is 1.66 bits per heavy atom. The van der Waals surface area contributed by atoms with Crippen LogP contribution in [0.5, 0.6) is 0 Å². The van der Waals surface area contributed by atoms with Gasteiger partial charge in [-0.3, -0.25) is 24.6 Å². The number of carbonyl (C=O) groups is 2. The van der Waals surface area contributed by atoms with E-state index in [-0.39, 0.29) is 23.5 Å². The first-order chi connectivity index (χ1) is 14.0. The zero-order chi connectivity index (χ0) is 20.5. The number of rotatable bonds is 4. The number of piperidine rings is 1. The van der Waals surface area contributed by atoms with Crippen LogP contribution in [0.1, 0.15) is 57.4 Å². The van der Waals surface area contributed by atoms with Crippen molar-refractivity contribution in [2.75, 3.05) is 13.1 Å². The molecule has 2 fully saturated rings. The van der Waals surface area contributed by atoms with Crippen molar-refractivity contribution >= 4 is 23.1 Å². The molecule has 1 aromatic rings. The van der Waals surface area contributed by atoms with Crippen molar-refractivity contribution < 1.29 is 14.5 Å². The number of benzene rings is 1. The number of nitro benzene ring substituents is 1. The van der Waals surface area contributed by atoms with Gasteiger partial charge in [0.1, 0.15) is 5.70 Å². The second kappa shape index (κ2) is 7.97. The highest BCUT2D eigenvalue weighted by molar-refractivity contribution is 6.35. The normalized spacial score (nSPS) is 23.8. The first-order valence-corrected chi connectivity index (χ1v) is 10.6. The number of likely N-dealkylation sites (tertiary alicyclic amines) is 1. The Bertz CT molecular complexity index is 855. The lowest BCUT2D eigenvalue weighted by atomic mass is 9.94. The third kappa shape index (κ3) is 3.66. The van der Waals surface area contributed by atoms with Crippen LogP contribution in [0.2, 0.25) is 0 Å². The highest BCUT2D eigenvalue weighted by atomic mass is 16.6. The van der Waals surface area contributed by atoms with Crippen molar-refractivity contribution in [3.05, 3.63) is 45.6 Å². The van der Waals surface area contributed by atoms with Crippen molar-refractivity contribution in [2.45, 2.75) is 57.9 Å². The average molecular weight is 397 g/mol. The molecule has 1 atom stereocenters. The predicted octanol–water partition coefficient (Wildman–Crippen LogP) is 3.74. The number of hydrogen-bond acceptors (Lipinski definition) is 5. The van der Waals surface area contributed by atoms with E-state index < -0.39 is 4.92 Å². The summed E-state index contributed by atoms with van der Waals surface area (Å²) in [5, 5.41) is 11.0. The topological polar surface area (TPSA) is 83.8 Å². The predicted molar refractivity (Wildman–Crippen MR) is 109 cm³/mol. The molecule has 0 N–H and O–H groups in total. The van der Waals surface area contributed by atoms with Crippen LogP contribution in [0.25, 0.3) is 5.57 Å². The average Bonchev–Trinajstić information content (AvgIpc) is 2.99. The highest BCUT2D eigenvalue weighted by Gasteiger charge is 2.45. The summed E-state index contributed by atoms with van der Waals surface area (Å²) in [7, 11) is 0. The number of non-ortho nitro benzene ring substituents is 1. The Labute approximate surface area is 170 Å². The minimum Gasteiger partial charge on any atom is -0.366 e. The zero-order valence-electron chi connectivity index (χ0n) is 16.8. The molecule has 2 heterocycles. The minimum absolute atomic E-state index is 0.0246. The summed E-state index contributed by atoms with van der Waals surface area (Å²) in [5.41, 5.74) is 1.45. The molecule has 0 radical (unpaired) electrons. The molecule has 1 unspecified atom stereocenters. The summed E-state index contributed by atoms with van der Waals surface area (Å²) < 4.78 is 0. The lowest BCUT2D eigenvalue weighted by Crippen LogP contribution is -2.44. The molecule has 29 heavy (non-hydrogen) atoms. The van der Waals surface area contributed by atoms with Gasteiger partial charge in [0.15, 0.2) is 0 Å². The van der Waals surface area contributed by atoms with Crippen LogP contribution in [-0.2, 0) is 9.59 Å². The molecule has 1 aromatic carbocycles. The van der Waals surface area contributed by atoms with Gasteiger partial charge >= 0.3 is 0 Å². The fourth-order valence-corrected chi connectivity index (χ4v) is 4.90. The summed E-state index contributed by atoms with van der Waals surface area (Å²) in [6.07, 6.45) is 7.03. The molecule has 1 aliphatic carbocycles. The van der Waals surface area contributed by atoms with Gasteiger partial charge in [-0.1, -0.05) is 26.2 Å². The largest absolute Gasteiger partial charge is 0.366 e. The standard InChI is InChI=1S/C22H27N3O4/c1-15-6-5-13-23(14-15)20-19(16-9-11-18(12-10-16)25(28)29)21(26)24(22(20)27)17-7-3-2-4-8-17/h9-12,15,17H,2-8,13-14H2,1H3. The van der Waals surface area contributed by atoms with Crippen molar-refractivity contribution in [1.29, 1.82) is 0 Å². The summed E-state index contributed by atoms with van der Waals surface area (Å²) in [4.78, 5) is 41.0. The van der Waals surface area contributed by atoms with Gasteiger partial charge in [0.25, 0.3) is 17.5 Å². The fraction of sp³-hybridized carbons (Fsp3) is 0.545. The van der Waals surface area contributed by atoms with Crippen LogP contribution in [0, 0.1) is 16.0 Å². The van der Waals surface area contributed by atoms with Crippen molar-refractivity contribution in [3.63, 3.8) is 0 Å². The van der Waals surface area contributed by atoms with Gasteiger partial charge in [0.2, 0.25) is 0 Å². The first-order valence-electron chi connectivity index (χ1n) is 10.6. The van der Waals surface area contributed by atoms with Gasteiger partial charge < -0.3 is 4.90 Å². The lowest BCUT2D eigenvalue weighted by Gasteiger charge is -2.34. The molecule has 1 saturated carbocycles. The molecule has 0 aromatic heterocycles. The first kappa shape index (κ1) is 19.6. The number of hydrogen-bond donors (Lipinski definition) is 0. The second-order valence-corrected chi connectivity index (χ2v) is 8.49. The Morgan fingerprint density at radius 3 is 2.28 bits per heavy atom. The van der Waals surface area contributed by atoms with Crippen LogP contribution in [0.3, 0.4) is 0 Å². The van der Waals surface area contributed by atoms with Gasteiger partial charge in [-0.05, 0) is 49.3 Å². The van der Waals surface area contributed by atoms with E-state index in [0.29, 0.717) is 22.8 Å². The SMILES string of the molecule is CC1CCCN(C2=C(c3ccc([N+](=O)[O-])cc3)C(=O)N(C3CCCCC3)C2=O)C1. The lowest BCUT2D eigenvalue weighted by molar-refractivity contribution is -0.384. The summed E-state index contributed by atoms with van der Waals surface area (Å²) in [5.74, 6) is 0.0225. The van der Waals surface area contributed by atoms with E-state index in [1.165, 1.54) is 17.0 Å². The molecule has 0 spiro atoms. The third-order valence-corrected chi connectivity index (χ3v) is 6.37. The van der Waals surface area contributed by atoms with Crippen LogP contribution in [0.4, 0.5) is 5.69 Å². The Hall–Kier alpha value is -2.70. The molecule has 2 amide bonds. The molecule has 4 rings (SSSR count). The Balaban J connectivity index is 1.75. The maximum Gasteiger partial charge on any atom is 0.278 e. The molecule has 154 valence electrons. The van der Waals surface area contributed by atoms with E-state index >= 15 is 0 Å². The van der Waals surface area contributed by atoms with Gasteiger partial charge in [0.05, 0.1) is 10.5 Å². The molecular formula is C22H27N3O4. The van der Waals surface area contributed by atoms with Crippen molar-refractivity contribution in [2.24, 2.45) is 5.92 Å². The highest BCUT2D eigenvalue weighted by Crippen LogP contribution is 2.37. The monoisotopic (exact) mass is 397 g/mol.